The molecule has 29 heavy (non-hydrogen) atoms. The fourth-order valence-corrected chi connectivity index (χ4v) is 3.54. The van der Waals surface area contributed by atoms with Crippen LogP contribution in [-0.4, -0.2) is 47.0 Å². The average molecular weight is 391 g/mol. The van der Waals surface area contributed by atoms with Crippen molar-refractivity contribution in [2.75, 3.05) is 36.4 Å². The molecule has 1 atom stereocenters. The molecule has 148 valence electrons. The van der Waals surface area contributed by atoms with E-state index in [0.29, 0.717) is 24.7 Å². The van der Waals surface area contributed by atoms with E-state index in [1.54, 1.807) is 30.6 Å². The van der Waals surface area contributed by atoms with Crippen LogP contribution in [0.2, 0.25) is 0 Å². The molecule has 1 aliphatic rings. The minimum absolute atomic E-state index is 0.132. The van der Waals surface area contributed by atoms with Crippen LogP contribution in [0.25, 0.3) is 0 Å². The summed E-state index contributed by atoms with van der Waals surface area (Å²) in [6.45, 7) is 2.87. The Morgan fingerprint density at radius 2 is 1.55 bits per heavy atom. The first kappa shape index (κ1) is 19.0. The average Bonchev–Trinajstić information content (AvgIpc) is 2.77. The third-order valence-electron chi connectivity index (χ3n) is 4.99. The Hall–Kier alpha value is -3.32. The molecule has 2 heterocycles. The molecule has 1 N–H and O–H groups in total. The van der Waals surface area contributed by atoms with Crippen molar-refractivity contribution in [3.63, 3.8) is 0 Å². The van der Waals surface area contributed by atoms with Gasteiger partial charge in [-0.25, -0.2) is 14.4 Å². The predicted octanol–water partition coefficient (Wildman–Crippen LogP) is 3.12. The van der Waals surface area contributed by atoms with E-state index in [0.717, 1.165) is 18.7 Å². The first-order chi connectivity index (χ1) is 14.2. The number of carbonyl (C=O) groups is 1. The van der Waals surface area contributed by atoms with Gasteiger partial charge in [0, 0.05) is 44.3 Å². The number of amides is 1. The van der Waals surface area contributed by atoms with Crippen LogP contribution in [0.15, 0.2) is 73.1 Å². The van der Waals surface area contributed by atoms with E-state index in [1.807, 2.05) is 30.3 Å². The second kappa shape index (κ2) is 8.79. The van der Waals surface area contributed by atoms with Crippen LogP contribution < -0.4 is 10.2 Å². The Balaban J connectivity index is 1.51. The molecule has 7 heteroatoms. The fourth-order valence-electron chi connectivity index (χ4n) is 3.54. The smallest absolute Gasteiger partial charge is 0.246 e. The summed E-state index contributed by atoms with van der Waals surface area (Å²) in [4.78, 5) is 26.1. The number of nitrogens with zero attached hydrogens (tertiary/aromatic N) is 4. The molecule has 2 aromatic carbocycles. The lowest BCUT2D eigenvalue weighted by Crippen LogP contribution is -2.50. The lowest BCUT2D eigenvalue weighted by molar-refractivity contribution is -0.121. The molecule has 6 nitrogen and oxygen atoms in total. The summed E-state index contributed by atoms with van der Waals surface area (Å²) < 4.78 is 13.2. The number of halogens is 1. The molecular weight excluding hydrogens is 369 g/mol. The first-order valence-electron chi connectivity index (χ1n) is 9.58. The van der Waals surface area contributed by atoms with Gasteiger partial charge < -0.3 is 10.2 Å². The molecule has 0 aliphatic carbocycles. The van der Waals surface area contributed by atoms with Crippen molar-refractivity contribution in [3.8, 4) is 0 Å². The Morgan fingerprint density at radius 1 is 0.897 bits per heavy atom. The number of piperazine rings is 1. The third kappa shape index (κ3) is 4.57. The van der Waals surface area contributed by atoms with Crippen molar-refractivity contribution in [2.45, 2.75) is 6.04 Å². The van der Waals surface area contributed by atoms with Crippen molar-refractivity contribution < 1.29 is 9.18 Å². The molecule has 1 aromatic heterocycles. The maximum absolute atomic E-state index is 13.2. The number of rotatable bonds is 5. The van der Waals surface area contributed by atoms with Gasteiger partial charge in [0.1, 0.15) is 11.9 Å². The van der Waals surface area contributed by atoms with E-state index in [9.17, 15) is 9.18 Å². The topological polar surface area (TPSA) is 61.4 Å². The minimum Gasteiger partial charge on any atom is -0.338 e. The lowest BCUT2D eigenvalue weighted by atomic mass is 10.0. The lowest BCUT2D eigenvalue weighted by Gasteiger charge is -2.38. The van der Waals surface area contributed by atoms with Gasteiger partial charge in [-0.2, -0.15) is 0 Å². The van der Waals surface area contributed by atoms with Gasteiger partial charge in [-0.1, -0.05) is 30.3 Å². The van der Waals surface area contributed by atoms with E-state index in [-0.39, 0.29) is 11.7 Å². The summed E-state index contributed by atoms with van der Waals surface area (Å²) in [5, 5.41) is 2.92. The highest BCUT2D eigenvalue weighted by Gasteiger charge is 2.31. The molecule has 0 saturated carbocycles. The van der Waals surface area contributed by atoms with Crippen LogP contribution >= 0.6 is 0 Å². The molecule has 1 saturated heterocycles. The van der Waals surface area contributed by atoms with Gasteiger partial charge in [0.2, 0.25) is 11.9 Å². The molecule has 1 amide bonds. The molecular formula is C22H22FN5O. The second-order valence-electron chi connectivity index (χ2n) is 6.88. The summed E-state index contributed by atoms with van der Waals surface area (Å²) in [7, 11) is 0. The third-order valence-corrected chi connectivity index (χ3v) is 4.99. The summed E-state index contributed by atoms with van der Waals surface area (Å²) in [6.07, 6.45) is 3.47. The molecule has 1 fully saturated rings. The number of benzene rings is 2. The number of nitrogens with one attached hydrogen (secondary N) is 1. The van der Waals surface area contributed by atoms with Crippen molar-refractivity contribution in [1.29, 1.82) is 0 Å². The Kier molecular flexibility index (Phi) is 5.76. The highest BCUT2D eigenvalue weighted by Crippen LogP contribution is 2.25. The first-order valence-corrected chi connectivity index (χ1v) is 9.58. The highest BCUT2D eigenvalue weighted by atomic mass is 19.1. The molecule has 3 aromatic rings. The van der Waals surface area contributed by atoms with Gasteiger partial charge in [-0.15, -0.1) is 0 Å². The van der Waals surface area contributed by atoms with Crippen molar-refractivity contribution in [2.24, 2.45) is 0 Å². The van der Waals surface area contributed by atoms with E-state index in [1.165, 1.54) is 12.1 Å². The minimum atomic E-state index is -0.430. The summed E-state index contributed by atoms with van der Waals surface area (Å²) in [5.41, 5.74) is 1.50. The van der Waals surface area contributed by atoms with Crippen LogP contribution in [0.5, 0.6) is 0 Å². The Bertz CT molecular complexity index is 928. The zero-order chi connectivity index (χ0) is 20.1. The van der Waals surface area contributed by atoms with Gasteiger partial charge >= 0.3 is 0 Å². The van der Waals surface area contributed by atoms with E-state index in [4.69, 9.17) is 0 Å². The number of hydrogen-bond acceptors (Lipinski definition) is 5. The summed E-state index contributed by atoms with van der Waals surface area (Å²) in [5.74, 6) is 0.244. The Labute approximate surface area is 169 Å². The molecule has 0 radical (unpaired) electrons. The molecule has 0 bridgehead atoms. The molecule has 0 unspecified atom stereocenters. The molecule has 4 rings (SSSR count). The highest BCUT2D eigenvalue weighted by molar-refractivity contribution is 5.95. The SMILES string of the molecule is O=C(Nc1ccc(F)cc1)[C@@H](c1ccccc1)N1CCN(c2ncccn2)CC1. The van der Waals surface area contributed by atoms with Crippen LogP contribution in [0, 0.1) is 5.82 Å². The maximum Gasteiger partial charge on any atom is 0.246 e. The van der Waals surface area contributed by atoms with Crippen LogP contribution in [0.1, 0.15) is 11.6 Å². The number of carbonyl (C=O) groups excluding carboxylic acids is 1. The maximum atomic E-state index is 13.2. The van der Waals surface area contributed by atoms with E-state index in [2.05, 4.69) is 25.1 Å². The zero-order valence-electron chi connectivity index (χ0n) is 15.9. The van der Waals surface area contributed by atoms with Gasteiger partial charge in [0.25, 0.3) is 0 Å². The van der Waals surface area contributed by atoms with Crippen LogP contribution in [-0.2, 0) is 4.79 Å². The number of anilines is 2. The summed E-state index contributed by atoms with van der Waals surface area (Å²) >= 11 is 0. The van der Waals surface area contributed by atoms with Crippen molar-refractivity contribution >= 4 is 17.5 Å². The zero-order valence-corrected chi connectivity index (χ0v) is 15.9. The standard InChI is InChI=1S/C22H22FN5O/c23-18-7-9-19(10-8-18)26-21(29)20(17-5-2-1-3-6-17)27-13-15-28(16-14-27)22-24-11-4-12-25-22/h1-12,20H,13-16H2,(H,26,29)/t20-/m1/s1. The molecule has 1 aliphatic heterocycles. The van der Waals surface area contributed by atoms with Gasteiger partial charge in [0.15, 0.2) is 0 Å². The van der Waals surface area contributed by atoms with Crippen molar-refractivity contribution in [3.05, 3.63) is 84.4 Å². The van der Waals surface area contributed by atoms with Crippen molar-refractivity contribution in [1.82, 2.24) is 14.9 Å². The fraction of sp³-hybridized carbons (Fsp3) is 0.227. The van der Waals surface area contributed by atoms with E-state index >= 15 is 0 Å². The number of aromatic nitrogens is 2. The largest absolute Gasteiger partial charge is 0.338 e. The summed E-state index contributed by atoms with van der Waals surface area (Å²) in [6, 6.07) is 16.9. The predicted molar refractivity (Wildman–Crippen MR) is 110 cm³/mol. The van der Waals surface area contributed by atoms with Crippen LogP contribution in [0.3, 0.4) is 0 Å². The molecule has 0 spiro atoms. The van der Waals surface area contributed by atoms with Gasteiger partial charge in [-0.05, 0) is 35.9 Å². The van der Waals surface area contributed by atoms with E-state index < -0.39 is 6.04 Å². The monoisotopic (exact) mass is 391 g/mol. The Morgan fingerprint density at radius 3 is 2.21 bits per heavy atom. The normalized spacial score (nSPS) is 15.7. The second-order valence-corrected chi connectivity index (χ2v) is 6.88. The number of hydrogen-bond donors (Lipinski definition) is 1. The quantitative estimate of drug-likeness (QED) is 0.724. The van der Waals surface area contributed by atoms with Crippen LogP contribution in [0.4, 0.5) is 16.0 Å². The van der Waals surface area contributed by atoms with Gasteiger partial charge in [0.05, 0.1) is 0 Å². The van der Waals surface area contributed by atoms with Gasteiger partial charge in [-0.3, -0.25) is 9.69 Å².